The second-order valence-corrected chi connectivity index (χ2v) is 6.53. The molecule has 0 saturated carbocycles. The Morgan fingerprint density at radius 2 is 2.07 bits per heavy atom. The lowest BCUT2D eigenvalue weighted by Crippen LogP contribution is -2.21. The van der Waals surface area contributed by atoms with E-state index in [-0.39, 0.29) is 0 Å². The third-order valence-electron chi connectivity index (χ3n) is 4.48. The van der Waals surface area contributed by atoms with E-state index in [0.29, 0.717) is 47.0 Å². The zero-order valence-corrected chi connectivity index (χ0v) is 16.6. The molecule has 0 amide bonds. The fourth-order valence-corrected chi connectivity index (χ4v) is 3.00. The maximum Gasteiger partial charge on any atom is 0.258 e. The number of nitrogens with zero attached hydrogens (tertiary/aromatic N) is 8. The number of pyridine rings is 1. The van der Waals surface area contributed by atoms with Crippen LogP contribution in [-0.4, -0.2) is 44.0 Å². The van der Waals surface area contributed by atoms with E-state index in [0.717, 1.165) is 5.56 Å². The van der Waals surface area contributed by atoms with Gasteiger partial charge in [-0.2, -0.15) is 10.2 Å². The Labute approximate surface area is 172 Å². The first-order valence-electron chi connectivity index (χ1n) is 9.03. The van der Waals surface area contributed by atoms with Gasteiger partial charge in [-0.25, -0.2) is 4.98 Å². The summed E-state index contributed by atoms with van der Waals surface area (Å²) in [5.74, 6) is 2.67. The number of hydrogen-bond donors (Lipinski definition) is 0. The zero-order chi connectivity index (χ0) is 21.1. The minimum atomic E-state index is 0.359. The minimum Gasteiger partial charge on any atom is -0.481 e. The lowest BCUT2D eigenvalue weighted by atomic mass is 10.1. The number of aromatic nitrogens is 6. The van der Waals surface area contributed by atoms with Crippen molar-refractivity contribution in [2.75, 3.05) is 19.1 Å². The van der Waals surface area contributed by atoms with Crippen LogP contribution >= 0.6 is 0 Å². The lowest BCUT2D eigenvalue weighted by Gasteiger charge is -2.15. The molecular formula is C20H18N8O2. The van der Waals surface area contributed by atoms with E-state index in [2.05, 4.69) is 31.4 Å². The van der Waals surface area contributed by atoms with Gasteiger partial charge in [-0.05, 0) is 24.3 Å². The van der Waals surface area contributed by atoms with E-state index >= 15 is 0 Å². The maximum absolute atomic E-state index is 9.05. The van der Waals surface area contributed by atoms with Crippen molar-refractivity contribution in [2.24, 2.45) is 7.05 Å². The van der Waals surface area contributed by atoms with Crippen LogP contribution in [-0.2, 0) is 13.6 Å². The van der Waals surface area contributed by atoms with Crippen LogP contribution in [0.3, 0.4) is 0 Å². The van der Waals surface area contributed by atoms with Crippen molar-refractivity contribution in [3.8, 4) is 34.8 Å². The molecule has 150 valence electrons. The average Bonchev–Trinajstić information content (AvgIpc) is 3.40. The summed E-state index contributed by atoms with van der Waals surface area (Å²) in [6.07, 6.45) is 1.66. The molecule has 0 aliphatic carbocycles. The van der Waals surface area contributed by atoms with Gasteiger partial charge in [-0.1, -0.05) is 11.2 Å². The number of rotatable bonds is 6. The number of ether oxygens (including phenoxy) is 1. The Bertz CT molecular complexity index is 1220. The second-order valence-electron chi connectivity index (χ2n) is 6.53. The molecule has 4 aromatic rings. The molecule has 0 saturated heterocycles. The van der Waals surface area contributed by atoms with Crippen molar-refractivity contribution < 1.29 is 9.26 Å². The molecule has 0 bridgehead atoms. The normalized spacial score (nSPS) is 10.6. The monoisotopic (exact) mass is 402 g/mol. The van der Waals surface area contributed by atoms with Crippen molar-refractivity contribution in [1.29, 1.82) is 5.26 Å². The smallest absolute Gasteiger partial charge is 0.258 e. The molecule has 30 heavy (non-hydrogen) atoms. The predicted octanol–water partition coefficient (Wildman–Crippen LogP) is 2.44. The van der Waals surface area contributed by atoms with Crippen LogP contribution in [0.1, 0.15) is 11.4 Å². The summed E-state index contributed by atoms with van der Waals surface area (Å²) in [7, 11) is 5.31. The van der Waals surface area contributed by atoms with Crippen LogP contribution in [0.2, 0.25) is 0 Å². The van der Waals surface area contributed by atoms with E-state index < -0.39 is 0 Å². The van der Waals surface area contributed by atoms with Crippen molar-refractivity contribution >= 4 is 5.95 Å². The molecule has 0 aliphatic rings. The van der Waals surface area contributed by atoms with Crippen LogP contribution in [0.5, 0.6) is 5.88 Å². The van der Waals surface area contributed by atoms with Gasteiger partial charge in [0.25, 0.3) is 5.89 Å². The molecule has 0 unspecified atom stereocenters. The first-order chi connectivity index (χ1) is 14.6. The Hall–Kier alpha value is -4.26. The molecular weight excluding hydrogens is 384 g/mol. The summed E-state index contributed by atoms with van der Waals surface area (Å²) in [5, 5.41) is 21.7. The van der Waals surface area contributed by atoms with Crippen molar-refractivity contribution in [3.63, 3.8) is 0 Å². The minimum absolute atomic E-state index is 0.359. The van der Waals surface area contributed by atoms with Gasteiger partial charge in [0.2, 0.25) is 11.8 Å². The SMILES string of the molecule is COc1cc(-c2nnc(N(C)Cc3noc(-c4cccc(C#N)c4)n3)n2C)ccn1. The number of benzene rings is 1. The molecule has 10 nitrogen and oxygen atoms in total. The highest BCUT2D eigenvalue weighted by Gasteiger charge is 2.17. The van der Waals surface area contributed by atoms with Crippen LogP contribution in [0.25, 0.3) is 22.8 Å². The summed E-state index contributed by atoms with van der Waals surface area (Å²) in [5.41, 5.74) is 2.07. The van der Waals surface area contributed by atoms with Crippen LogP contribution in [0, 0.1) is 11.3 Å². The zero-order valence-electron chi connectivity index (χ0n) is 16.6. The summed E-state index contributed by atoms with van der Waals surface area (Å²) >= 11 is 0. The standard InChI is InChI=1S/C20H18N8O2/c1-27(12-16-23-19(30-26-16)15-6-4-5-13(9-15)11-21)20-25-24-18(28(20)2)14-7-8-22-17(10-14)29-3/h4-10H,12H2,1-3H3. The quantitative estimate of drug-likeness (QED) is 0.479. The van der Waals surface area contributed by atoms with E-state index in [1.165, 1.54) is 0 Å². The predicted molar refractivity (Wildman–Crippen MR) is 107 cm³/mol. The summed E-state index contributed by atoms with van der Waals surface area (Å²) < 4.78 is 12.4. The summed E-state index contributed by atoms with van der Waals surface area (Å²) in [6, 6.07) is 12.8. The highest BCUT2D eigenvalue weighted by molar-refractivity contribution is 5.58. The molecule has 4 rings (SSSR count). The van der Waals surface area contributed by atoms with Gasteiger partial charge in [-0.3, -0.25) is 4.57 Å². The van der Waals surface area contributed by atoms with Crippen molar-refractivity contribution in [2.45, 2.75) is 6.54 Å². The van der Waals surface area contributed by atoms with Gasteiger partial charge < -0.3 is 14.2 Å². The second kappa shape index (κ2) is 8.00. The Balaban J connectivity index is 1.54. The molecule has 1 aromatic carbocycles. The average molecular weight is 402 g/mol. The van der Waals surface area contributed by atoms with Crippen LogP contribution in [0.15, 0.2) is 47.1 Å². The molecule has 0 radical (unpaired) electrons. The third-order valence-corrected chi connectivity index (χ3v) is 4.48. The van der Waals surface area contributed by atoms with Crippen LogP contribution < -0.4 is 9.64 Å². The van der Waals surface area contributed by atoms with Crippen LogP contribution in [0.4, 0.5) is 5.95 Å². The maximum atomic E-state index is 9.05. The lowest BCUT2D eigenvalue weighted by molar-refractivity contribution is 0.398. The topological polar surface area (TPSA) is 119 Å². The third kappa shape index (κ3) is 3.68. The Morgan fingerprint density at radius 3 is 2.87 bits per heavy atom. The largest absolute Gasteiger partial charge is 0.481 e. The number of nitriles is 1. The van der Waals surface area contributed by atoms with Crippen molar-refractivity contribution in [3.05, 3.63) is 54.0 Å². The Morgan fingerprint density at radius 1 is 1.20 bits per heavy atom. The molecule has 3 aromatic heterocycles. The fourth-order valence-electron chi connectivity index (χ4n) is 3.00. The van der Waals surface area contributed by atoms with Gasteiger partial charge >= 0.3 is 0 Å². The summed E-state index contributed by atoms with van der Waals surface area (Å²) in [4.78, 5) is 10.4. The number of hydrogen-bond acceptors (Lipinski definition) is 9. The number of methoxy groups -OCH3 is 1. The fraction of sp³-hybridized carbons (Fsp3) is 0.200. The first-order valence-corrected chi connectivity index (χ1v) is 9.03. The molecule has 10 heteroatoms. The van der Waals surface area contributed by atoms with E-state index in [1.807, 2.05) is 35.7 Å². The molecule has 0 aliphatic heterocycles. The highest BCUT2D eigenvalue weighted by atomic mass is 16.5. The molecule has 0 spiro atoms. The van der Waals surface area contributed by atoms with Gasteiger partial charge in [0.1, 0.15) is 0 Å². The highest BCUT2D eigenvalue weighted by Crippen LogP contribution is 2.24. The van der Waals surface area contributed by atoms with Crippen molar-refractivity contribution in [1.82, 2.24) is 29.9 Å². The Kier molecular flexibility index (Phi) is 5.09. The molecule has 0 atom stereocenters. The van der Waals surface area contributed by atoms with E-state index in [9.17, 15) is 0 Å². The molecule has 0 N–H and O–H groups in total. The van der Waals surface area contributed by atoms with Gasteiger partial charge in [0.15, 0.2) is 11.6 Å². The summed E-state index contributed by atoms with van der Waals surface area (Å²) in [6.45, 7) is 0.368. The van der Waals surface area contributed by atoms with E-state index in [1.54, 1.807) is 37.6 Å². The van der Waals surface area contributed by atoms with Gasteiger partial charge in [0, 0.05) is 37.5 Å². The molecule has 3 heterocycles. The molecule has 0 fully saturated rings. The van der Waals surface area contributed by atoms with E-state index in [4.69, 9.17) is 14.5 Å². The van der Waals surface area contributed by atoms with Gasteiger partial charge in [0.05, 0.1) is 25.3 Å². The first kappa shape index (κ1) is 19.1. The number of anilines is 1. The van der Waals surface area contributed by atoms with Gasteiger partial charge in [-0.15, -0.1) is 10.2 Å².